The summed E-state index contributed by atoms with van der Waals surface area (Å²) in [6.45, 7) is 2.26. The molecule has 0 aliphatic rings. The fraction of sp³-hybridized carbons (Fsp3) is 0.800. The molecule has 54 valence electrons. The normalized spacial score (nSPS) is 20.4. The minimum Gasteiger partial charge on any atom is -0.480 e. The summed E-state index contributed by atoms with van der Waals surface area (Å²) >= 11 is 0. The molecule has 4 heteroatoms. The van der Waals surface area contributed by atoms with E-state index in [0.717, 1.165) is 13.8 Å². The van der Waals surface area contributed by atoms with Gasteiger partial charge in [0.15, 0.2) is 0 Å². The highest BCUT2D eigenvalue weighted by Crippen LogP contribution is 2.08. The molecule has 0 aromatic heterocycles. The molecule has 0 bridgehead atoms. The molecular weight excluding hydrogens is 125 g/mol. The molecule has 3 N–H and O–H groups in total. The summed E-state index contributed by atoms with van der Waals surface area (Å²) in [6.07, 6.45) is -1.53. The van der Waals surface area contributed by atoms with Crippen LogP contribution >= 0.6 is 0 Å². The van der Waals surface area contributed by atoms with E-state index in [2.05, 4.69) is 0 Å². The summed E-state index contributed by atoms with van der Waals surface area (Å²) in [4.78, 5) is 10.1. The van der Waals surface area contributed by atoms with E-state index in [4.69, 9.17) is 10.8 Å². The lowest BCUT2D eigenvalue weighted by Gasteiger charge is -2.19. The van der Waals surface area contributed by atoms with Crippen LogP contribution < -0.4 is 5.73 Å². The van der Waals surface area contributed by atoms with Crippen LogP contribution in [0.15, 0.2) is 0 Å². The molecule has 0 amide bonds. The van der Waals surface area contributed by atoms with Crippen LogP contribution in [0.25, 0.3) is 0 Å². The zero-order chi connectivity index (χ0) is 7.65. The van der Waals surface area contributed by atoms with Gasteiger partial charge in [-0.3, -0.25) is 4.79 Å². The van der Waals surface area contributed by atoms with E-state index >= 15 is 0 Å². The van der Waals surface area contributed by atoms with Crippen molar-refractivity contribution in [3.63, 3.8) is 0 Å². The van der Waals surface area contributed by atoms with Crippen LogP contribution in [-0.2, 0) is 4.79 Å². The first-order valence-electron chi connectivity index (χ1n) is 2.55. The van der Waals surface area contributed by atoms with Crippen molar-refractivity contribution in [1.29, 1.82) is 0 Å². The second-order valence-corrected chi connectivity index (χ2v) is 2.20. The number of carboxylic acids is 1. The Hall–Kier alpha value is -0.640. The van der Waals surface area contributed by atoms with Crippen LogP contribution in [-0.4, -0.2) is 22.8 Å². The van der Waals surface area contributed by atoms with E-state index in [-0.39, 0.29) is 0 Å². The topological polar surface area (TPSA) is 63.3 Å². The van der Waals surface area contributed by atoms with Gasteiger partial charge in [-0.25, -0.2) is 4.39 Å². The van der Waals surface area contributed by atoms with Crippen molar-refractivity contribution in [2.24, 2.45) is 5.73 Å². The lowest BCUT2D eigenvalue weighted by Crippen LogP contribution is -2.51. The van der Waals surface area contributed by atoms with Gasteiger partial charge in [-0.2, -0.15) is 0 Å². The molecule has 0 aromatic rings. The quantitative estimate of drug-likeness (QED) is 0.566. The van der Waals surface area contributed by atoms with Gasteiger partial charge in [0, 0.05) is 0 Å². The molecular formula is C5H10FNO2. The highest BCUT2D eigenvalue weighted by Gasteiger charge is 2.34. The SMILES string of the molecule is CC(F)[C@](C)(N)C(=O)O. The van der Waals surface area contributed by atoms with E-state index in [1.165, 1.54) is 0 Å². The van der Waals surface area contributed by atoms with Crippen molar-refractivity contribution >= 4 is 5.97 Å². The summed E-state index contributed by atoms with van der Waals surface area (Å²) in [5.74, 6) is -1.32. The Morgan fingerprint density at radius 1 is 1.89 bits per heavy atom. The Labute approximate surface area is 52.7 Å². The molecule has 1 unspecified atom stereocenters. The number of hydrogen-bond donors (Lipinski definition) is 2. The highest BCUT2D eigenvalue weighted by molar-refractivity contribution is 5.78. The number of rotatable bonds is 2. The van der Waals surface area contributed by atoms with Crippen molar-refractivity contribution in [2.45, 2.75) is 25.6 Å². The molecule has 0 aliphatic carbocycles. The molecule has 3 nitrogen and oxygen atoms in total. The predicted octanol–water partition coefficient (Wildman–Crippen LogP) is 0.146. The standard InChI is InChI=1S/C5H10FNO2/c1-3(6)5(2,7)4(8)9/h3H,7H2,1-2H3,(H,8,9)/t3?,5-/m0/s1. The van der Waals surface area contributed by atoms with Gasteiger partial charge in [0.2, 0.25) is 0 Å². The molecule has 0 fully saturated rings. The zero-order valence-corrected chi connectivity index (χ0v) is 5.39. The molecule has 0 saturated heterocycles. The third-order valence-electron chi connectivity index (χ3n) is 1.29. The molecule has 0 saturated carbocycles. The molecule has 0 spiro atoms. The number of carbonyl (C=O) groups is 1. The maximum absolute atomic E-state index is 12.2. The Balaban J connectivity index is 4.19. The molecule has 0 rings (SSSR count). The third kappa shape index (κ3) is 1.64. The van der Waals surface area contributed by atoms with Crippen LogP contribution in [0, 0.1) is 0 Å². The van der Waals surface area contributed by atoms with E-state index < -0.39 is 17.7 Å². The van der Waals surface area contributed by atoms with Gasteiger partial charge < -0.3 is 10.8 Å². The van der Waals surface area contributed by atoms with Gasteiger partial charge in [0.05, 0.1) is 0 Å². The fourth-order valence-corrected chi connectivity index (χ4v) is 0.170. The lowest BCUT2D eigenvalue weighted by atomic mass is 9.99. The van der Waals surface area contributed by atoms with Gasteiger partial charge in [-0.05, 0) is 13.8 Å². The van der Waals surface area contributed by atoms with Gasteiger partial charge in [0.25, 0.3) is 0 Å². The molecule has 0 radical (unpaired) electrons. The van der Waals surface area contributed by atoms with E-state index in [0.29, 0.717) is 0 Å². The Morgan fingerprint density at radius 2 is 2.22 bits per heavy atom. The largest absolute Gasteiger partial charge is 0.480 e. The zero-order valence-electron chi connectivity index (χ0n) is 5.39. The van der Waals surface area contributed by atoms with E-state index in [1.54, 1.807) is 0 Å². The van der Waals surface area contributed by atoms with Crippen molar-refractivity contribution < 1.29 is 14.3 Å². The van der Waals surface area contributed by atoms with Crippen LogP contribution in [0.4, 0.5) is 4.39 Å². The first kappa shape index (κ1) is 8.36. The van der Waals surface area contributed by atoms with Gasteiger partial charge >= 0.3 is 5.97 Å². The van der Waals surface area contributed by atoms with Crippen molar-refractivity contribution in [1.82, 2.24) is 0 Å². The maximum atomic E-state index is 12.2. The van der Waals surface area contributed by atoms with Crippen LogP contribution in [0.5, 0.6) is 0 Å². The maximum Gasteiger partial charge on any atom is 0.326 e. The average molecular weight is 135 g/mol. The summed E-state index contributed by atoms with van der Waals surface area (Å²) in [7, 11) is 0. The molecule has 2 atom stereocenters. The summed E-state index contributed by atoms with van der Waals surface area (Å²) < 4.78 is 12.2. The number of halogens is 1. The Kier molecular flexibility index (Phi) is 2.14. The van der Waals surface area contributed by atoms with Crippen molar-refractivity contribution in [3.05, 3.63) is 0 Å². The number of alkyl halides is 1. The van der Waals surface area contributed by atoms with Gasteiger partial charge in [0.1, 0.15) is 11.7 Å². The smallest absolute Gasteiger partial charge is 0.326 e. The first-order valence-corrected chi connectivity index (χ1v) is 2.55. The fourth-order valence-electron chi connectivity index (χ4n) is 0.170. The molecule has 9 heavy (non-hydrogen) atoms. The monoisotopic (exact) mass is 135 g/mol. The number of carboxylic acid groups (broad SMARTS) is 1. The number of hydrogen-bond acceptors (Lipinski definition) is 2. The third-order valence-corrected chi connectivity index (χ3v) is 1.29. The first-order chi connectivity index (χ1) is 3.89. The Morgan fingerprint density at radius 3 is 2.22 bits per heavy atom. The molecule has 0 aliphatic heterocycles. The second-order valence-electron chi connectivity index (χ2n) is 2.20. The summed E-state index contributed by atoms with van der Waals surface area (Å²) in [6, 6.07) is 0. The highest BCUT2D eigenvalue weighted by atomic mass is 19.1. The average Bonchev–Trinajstić information content (AvgIpc) is 1.65. The van der Waals surface area contributed by atoms with Gasteiger partial charge in [-0.15, -0.1) is 0 Å². The number of aliphatic carboxylic acids is 1. The van der Waals surface area contributed by atoms with E-state index in [9.17, 15) is 9.18 Å². The van der Waals surface area contributed by atoms with E-state index in [1.807, 2.05) is 0 Å². The lowest BCUT2D eigenvalue weighted by molar-refractivity contribution is -0.144. The minimum atomic E-state index is -1.75. The minimum absolute atomic E-state index is 1.12. The van der Waals surface area contributed by atoms with Crippen molar-refractivity contribution in [2.75, 3.05) is 0 Å². The molecule has 0 heterocycles. The summed E-state index contributed by atoms with van der Waals surface area (Å²) in [5, 5.41) is 8.25. The van der Waals surface area contributed by atoms with Crippen LogP contribution in [0.2, 0.25) is 0 Å². The predicted molar refractivity (Wildman–Crippen MR) is 30.8 cm³/mol. The summed E-state index contributed by atoms with van der Waals surface area (Å²) in [5.41, 5.74) is 3.28. The molecule has 0 aromatic carbocycles. The van der Waals surface area contributed by atoms with Crippen molar-refractivity contribution in [3.8, 4) is 0 Å². The van der Waals surface area contributed by atoms with Gasteiger partial charge in [-0.1, -0.05) is 0 Å². The Bertz CT molecular complexity index is 122. The van der Waals surface area contributed by atoms with Crippen LogP contribution in [0.3, 0.4) is 0 Å². The van der Waals surface area contributed by atoms with Crippen LogP contribution in [0.1, 0.15) is 13.8 Å². The number of nitrogens with two attached hydrogens (primary N) is 1. The second kappa shape index (κ2) is 2.31.